The molecular formula is C21H27N3O4S2. The van der Waals surface area contributed by atoms with E-state index in [9.17, 15) is 9.59 Å². The average molecular weight is 450 g/mol. The molecule has 2 N–H and O–H groups in total. The number of hydrogen-bond acceptors (Lipinski definition) is 7. The van der Waals surface area contributed by atoms with E-state index in [0.717, 1.165) is 45.9 Å². The van der Waals surface area contributed by atoms with Crippen molar-refractivity contribution < 1.29 is 19.1 Å². The Morgan fingerprint density at radius 3 is 2.87 bits per heavy atom. The van der Waals surface area contributed by atoms with Gasteiger partial charge in [0.15, 0.2) is 4.34 Å². The van der Waals surface area contributed by atoms with Crippen molar-refractivity contribution in [2.75, 3.05) is 31.3 Å². The molecule has 9 heteroatoms. The highest BCUT2D eigenvalue weighted by Crippen LogP contribution is 2.32. The molecule has 1 aliphatic rings. The molecule has 0 bridgehead atoms. The van der Waals surface area contributed by atoms with Crippen molar-refractivity contribution in [2.24, 2.45) is 5.92 Å². The summed E-state index contributed by atoms with van der Waals surface area (Å²) in [5.74, 6) is 0.819. The molecule has 3 rings (SSSR count). The first kappa shape index (κ1) is 22.6. The molecule has 0 unspecified atom stereocenters. The maximum atomic E-state index is 12.6. The van der Waals surface area contributed by atoms with Crippen molar-refractivity contribution in [2.45, 2.75) is 36.1 Å². The number of nitrogens with zero attached hydrogens (tertiary/aromatic N) is 1. The number of anilines is 1. The number of nitrogens with one attached hydrogen (secondary N) is 2. The maximum Gasteiger partial charge on any atom is 0.407 e. The largest absolute Gasteiger partial charge is 0.445 e. The number of hydrogen-bond donors (Lipinski definition) is 2. The third kappa shape index (κ3) is 6.45. The lowest BCUT2D eigenvalue weighted by atomic mass is 9.87. The normalized spacial score (nSPS) is 18.7. The van der Waals surface area contributed by atoms with Gasteiger partial charge < -0.3 is 20.1 Å². The van der Waals surface area contributed by atoms with Gasteiger partial charge in [-0.05, 0) is 43.9 Å². The van der Waals surface area contributed by atoms with Crippen LogP contribution in [0.25, 0.3) is 10.2 Å². The van der Waals surface area contributed by atoms with Gasteiger partial charge in [-0.3, -0.25) is 4.79 Å². The number of amides is 2. The molecule has 2 aromatic rings. The number of ether oxygens (including phenoxy) is 2. The molecule has 2 amide bonds. The fourth-order valence-electron chi connectivity index (χ4n) is 3.33. The fraction of sp³-hybridized carbons (Fsp3) is 0.476. The van der Waals surface area contributed by atoms with E-state index in [1.165, 1.54) is 6.08 Å². The Morgan fingerprint density at radius 2 is 2.13 bits per heavy atom. The Kier molecular flexibility index (Phi) is 8.53. The van der Waals surface area contributed by atoms with Gasteiger partial charge in [-0.2, -0.15) is 0 Å². The van der Waals surface area contributed by atoms with E-state index < -0.39 is 6.09 Å². The quantitative estimate of drug-likeness (QED) is 0.334. The van der Waals surface area contributed by atoms with Gasteiger partial charge in [0.05, 0.1) is 16.3 Å². The monoisotopic (exact) mass is 449 g/mol. The van der Waals surface area contributed by atoms with Gasteiger partial charge in [-0.1, -0.05) is 24.4 Å². The lowest BCUT2D eigenvalue weighted by molar-refractivity contribution is -0.121. The van der Waals surface area contributed by atoms with E-state index in [1.807, 2.05) is 18.2 Å². The van der Waals surface area contributed by atoms with Gasteiger partial charge in [0.2, 0.25) is 5.91 Å². The smallest absolute Gasteiger partial charge is 0.407 e. The SMILES string of the molecule is C=CCOC(=O)NCCSc1nc2ccc(NC(=O)C3CCC(OC)CC3)cc2s1. The number of thioether (sulfide) groups is 1. The molecule has 1 saturated carbocycles. The summed E-state index contributed by atoms with van der Waals surface area (Å²) >= 11 is 3.15. The van der Waals surface area contributed by atoms with Gasteiger partial charge in [-0.15, -0.1) is 11.3 Å². The summed E-state index contributed by atoms with van der Waals surface area (Å²) in [6.45, 7) is 4.19. The minimum atomic E-state index is -0.448. The number of alkyl carbamates (subject to hydrolysis) is 1. The number of fused-ring (bicyclic) bond motifs is 1. The zero-order valence-corrected chi connectivity index (χ0v) is 18.7. The van der Waals surface area contributed by atoms with Crippen LogP contribution < -0.4 is 10.6 Å². The molecule has 30 heavy (non-hydrogen) atoms. The number of benzene rings is 1. The number of rotatable bonds is 9. The van der Waals surface area contributed by atoms with Crippen LogP contribution in [0.4, 0.5) is 10.5 Å². The molecule has 1 aromatic carbocycles. The van der Waals surface area contributed by atoms with E-state index in [1.54, 1.807) is 30.2 Å². The molecule has 7 nitrogen and oxygen atoms in total. The predicted molar refractivity (Wildman–Crippen MR) is 121 cm³/mol. The second kappa shape index (κ2) is 11.3. The van der Waals surface area contributed by atoms with Gasteiger partial charge >= 0.3 is 6.09 Å². The number of carbonyl (C=O) groups is 2. The van der Waals surface area contributed by atoms with Crippen molar-refractivity contribution in [3.8, 4) is 0 Å². The number of carbonyl (C=O) groups excluding carboxylic acids is 2. The first-order valence-corrected chi connectivity index (χ1v) is 11.8. The average Bonchev–Trinajstić information content (AvgIpc) is 3.17. The number of methoxy groups -OCH3 is 1. The van der Waals surface area contributed by atoms with Gasteiger partial charge in [-0.25, -0.2) is 9.78 Å². The van der Waals surface area contributed by atoms with E-state index >= 15 is 0 Å². The van der Waals surface area contributed by atoms with Crippen molar-refractivity contribution in [3.63, 3.8) is 0 Å². The Labute approximate surface area is 184 Å². The van der Waals surface area contributed by atoms with E-state index in [2.05, 4.69) is 22.2 Å². The van der Waals surface area contributed by atoms with Crippen LogP contribution in [0.1, 0.15) is 25.7 Å². The van der Waals surface area contributed by atoms with Gasteiger partial charge in [0.1, 0.15) is 6.61 Å². The molecule has 0 spiro atoms. The van der Waals surface area contributed by atoms with E-state index in [0.29, 0.717) is 12.3 Å². The molecule has 162 valence electrons. The third-order valence-electron chi connectivity index (χ3n) is 4.94. The Balaban J connectivity index is 1.49. The van der Waals surface area contributed by atoms with Crippen LogP contribution in [-0.2, 0) is 14.3 Å². The zero-order chi connectivity index (χ0) is 21.3. The third-order valence-corrected chi connectivity index (χ3v) is 7.11. The van der Waals surface area contributed by atoms with Crippen LogP contribution >= 0.6 is 23.1 Å². The highest BCUT2D eigenvalue weighted by molar-refractivity contribution is 8.01. The highest BCUT2D eigenvalue weighted by atomic mass is 32.2. The second-order valence-corrected chi connectivity index (χ2v) is 9.40. The summed E-state index contributed by atoms with van der Waals surface area (Å²) in [4.78, 5) is 28.6. The molecule has 0 aliphatic heterocycles. The molecular weight excluding hydrogens is 422 g/mol. The van der Waals surface area contributed by atoms with Crippen LogP contribution in [0.5, 0.6) is 0 Å². The van der Waals surface area contributed by atoms with Gasteiger partial charge in [0.25, 0.3) is 0 Å². The highest BCUT2D eigenvalue weighted by Gasteiger charge is 2.26. The summed E-state index contributed by atoms with van der Waals surface area (Å²) in [7, 11) is 1.73. The van der Waals surface area contributed by atoms with Crippen molar-refractivity contribution in [3.05, 3.63) is 30.9 Å². The van der Waals surface area contributed by atoms with Crippen LogP contribution in [0.15, 0.2) is 35.2 Å². The van der Waals surface area contributed by atoms with Crippen LogP contribution in [-0.4, -0.2) is 49.1 Å². The first-order chi connectivity index (χ1) is 14.6. The summed E-state index contributed by atoms with van der Waals surface area (Å²) in [5.41, 5.74) is 1.70. The number of aromatic nitrogens is 1. The lowest BCUT2D eigenvalue weighted by Gasteiger charge is -2.26. The Hall–Kier alpha value is -2.10. The molecule has 0 saturated heterocycles. The van der Waals surface area contributed by atoms with Crippen molar-refractivity contribution in [1.82, 2.24) is 10.3 Å². The molecule has 1 fully saturated rings. The molecule has 1 aromatic heterocycles. The fourth-order valence-corrected chi connectivity index (χ4v) is 5.36. The summed E-state index contributed by atoms with van der Waals surface area (Å²) in [6.07, 6.45) is 4.96. The van der Waals surface area contributed by atoms with Crippen LogP contribution in [0.3, 0.4) is 0 Å². The molecule has 1 aliphatic carbocycles. The minimum Gasteiger partial charge on any atom is -0.445 e. The lowest BCUT2D eigenvalue weighted by Crippen LogP contribution is -2.29. The Morgan fingerprint density at radius 1 is 1.33 bits per heavy atom. The summed E-state index contributed by atoms with van der Waals surface area (Å²) in [6, 6.07) is 5.80. The van der Waals surface area contributed by atoms with Crippen LogP contribution in [0, 0.1) is 5.92 Å². The first-order valence-electron chi connectivity index (χ1n) is 9.97. The minimum absolute atomic E-state index is 0.0466. The van der Waals surface area contributed by atoms with Crippen molar-refractivity contribution >= 4 is 51.0 Å². The molecule has 0 radical (unpaired) electrons. The van der Waals surface area contributed by atoms with E-state index in [4.69, 9.17) is 9.47 Å². The van der Waals surface area contributed by atoms with E-state index in [-0.39, 0.29) is 24.5 Å². The Bertz CT molecular complexity index is 878. The molecule has 0 atom stereocenters. The van der Waals surface area contributed by atoms with Gasteiger partial charge in [0, 0.05) is 31.0 Å². The van der Waals surface area contributed by atoms with Crippen LogP contribution in [0.2, 0.25) is 0 Å². The predicted octanol–water partition coefficient (Wildman–Crippen LogP) is 4.44. The van der Waals surface area contributed by atoms with Crippen molar-refractivity contribution in [1.29, 1.82) is 0 Å². The zero-order valence-electron chi connectivity index (χ0n) is 17.0. The summed E-state index contributed by atoms with van der Waals surface area (Å²) < 4.78 is 12.2. The second-order valence-electron chi connectivity index (χ2n) is 7.02. The maximum absolute atomic E-state index is 12.6. The number of thiazole rings is 1. The standard InChI is InChI=1S/C21H27N3O4S2/c1-3-11-28-20(26)22-10-12-29-21-24-17-9-6-15(13-18(17)30-21)23-19(25)14-4-7-16(27-2)8-5-14/h3,6,9,13-14,16H,1,4-5,7-8,10-12H2,2H3,(H,22,26)(H,23,25). The summed E-state index contributed by atoms with van der Waals surface area (Å²) in [5, 5.41) is 5.73. The topological polar surface area (TPSA) is 89.5 Å². The molecule has 1 heterocycles.